The lowest BCUT2D eigenvalue weighted by Gasteiger charge is -2.14. The Morgan fingerprint density at radius 3 is 2.52 bits per heavy atom. The molecule has 2 amide bonds. The second-order valence-corrected chi connectivity index (χ2v) is 8.58. The Kier molecular flexibility index (Phi) is 7.07. The number of ketones is 1. The monoisotopic (exact) mass is 435 g/mol. The molecule has 31 heavy (non-hydrogen) atoms. The van der Waals surface area contributed by atoms with Gasteiger partial charge in [0.1, 0.15) is 5.25 Å². The van der Waals surface area contributed by atoms with E-state index in [4.69, 9.17) is 4.99 Å². The first-order valence-corrected chi connectivity index (χ1v) is 10.8. The molecule has 6 nitrogen and oxygen atoms in total. The molecular weight excluding hydrogens is 410 g/mol. The van der Waals surface area contributed by atoms with Crippen LogP contribution in [0.3, 0.4) is 0 Å². The molecule has 2 aromatic carbocycles. The zero-order chi connectivity index (χ0) is 22.5. The zero-order valence-corrected chi connectivity index (χ0v) is 18.7. The second-order valence-electron chi connectivity index (χ2n) is 7.41. The Balaban J connectivity index is 1.73. The molecule has 0 spiro atoms. The summed E-state index contributed by atoms with van der Waals surface area (Å²) in [6.45, 7) is 9.55. The van der Waals surface area contributed by atoms with Gasteiger partial charge in [-0.1, -0.05) is 35.5 Å². The third kappa shape index (κ3) is 5.49. The molecule has 1 fully saturated rings. The van der Waals surface area contributed by atoms with Gasteiger partial charge >= 0.3 is 0 Å². The summed E-state index contributed by atoms with van der Waals surface area (Å²) in [5.41, 5.74) is 4.12. The van der Waals surface area contributed by atoms with Crippen molar-refractivity contribution in [2.24, 2.45) is 4.99 Å². The van der Waals surface area contributed by atoms with Gasteiger partial charge in [0.05, 0.1) is 5.69 Å². The van der Waals surface area contributed by atoms with E-state index >= 15 is 0 Å². The molecular formula is C24H25N3O3S. The average Bonchev–Trinajstić information content (AvgIpc) is 2.99. The van der Waals surface area contributed by atoms with Gasteiger partial charge in [0, 0.05) is 24.2 Å². The number of carbonyl (C=O) groups is 3. The number of hydrogen-bond donors (Lipinski definition) is 1. The topological polar surface area (TPSA) is 78.8 Å². The molecule has 0 radical (unpaired) electrons. The van der Waals surface area contributed by atoms with E-state index < -0.39 is 5.25 Å². The number of anilines is 1. The summed E-state index contributed by atoms with van der Waals surface area (Å²) >= 11 is 1.29. The predicted octanol–water partition coefficient (Wildman–Crippen LogP) is 4.65. The summed E-state index contributed by atoms with van der Waals surface area (Å²) in [6, 6.07) is 12.6. The van der Waals surface area contributed by atoms with Gasteiger partial charge in [-0.2, -0.15) is 0 Å². The largest absolute Gasteiger partial charge is 0.326 e. The minimum absolute atomic E-state index is 0.0253. The van der Waals surface area contributed by atoms with E-state index in [1.807, 2.05) is 32.0 Å². The number of hydrogen-bond acceptors (Lipinski definition) is 5. The summed E-state index contributed by atoms with van der Waals surface area (Å²) in [6.07, 6.45) is 1.67. The van der Waals surface area contributed by atoms with Gasteiger partial charge in [-0.15, -0.1) is 6.58 Å². The molecule has 0 aliphatic carbocycles. The van der Waals surface area contributed by atoms with Crippen molar-refractivity contribution >= 4 is 45.9 Å². The van der Waals surface area contributed by atoms with Gasteiger partial charge in [-0.25, -0.2) is 4.99 Å². The summed E-state index contributed by atoms with van der Waals surface area (Å²) in [5.74, 6) is -0.466. The summed E-state index contributed by atoms with van der Waals surface area (Å²) < 4.78 is 0. The SMILES string of the molecule is C=CCN1C(=O)C(CC(=O)Nc2ccc(C(C)=O)cc2)SC1=Nc1ccc(C)cc1C. The lowest BCUT2D eigenvalue weighted by atomic mass is 10.1. The lowest BCUT2D eigenvalue weighted by molar-refractivity contribution is -0.127. The fourth-order valence-electron chi connectivity index (χ4n) is 3.22. The van der Waals surface area contributed by atoms with Crippen LogP contribution in [0.5, 0.6) is 0 Å². The van der Waals surface area contributed by atoms with Crippen molar-refractivity contribution in [2.75, 3.05) is 11.9 Å². The summed E-state index contributed by atoms with van der Waals surface area (Å²) in [7, 11) is 0. The van der Waals surface area contributed by atoms with Crippen LogP contribution in [0, 0.1) is 13.8 Å². The van der Waals surface area contributed by atoms with E-state index in [-0.39, 0.29) is 24.0 Å². The van der Waals surface area contributed by atoms with E-state index in [0.717, 1.165) is 16.8 Å². The maximum Gasteiger partial charge on any atom is 0.242 e. The quantitative estimate of drug-likeness (QED) is 0.507. The van der Waals surface area contributed by atoms with Gasteiger partial charge in [-0.05, 0) is 56.7 Å². The maximum atomic E-state index is 12.9. The van der Waals surface area contributed by atoms with Gasteiger partial charge in [-0.3, -0.25) is 19.3 Å². The van der Waals surface area contributed by atoms with Crippen molar-refractivity contribution in [3.8, 4) is 0 Å². The van der Waals surface area contributed by atoms with Gasteiger partial charge in [0.25, 0.3) is 0 Å². The number of aliphatic imine (C=N–C) groups is 1. The molecule has 1 saturated heterocycles. The predicted molar refractivity (Wildman–Crippen MR) is 126 cm³/mol. The minimum atomic E-state index is -0.555. The number of rotatable bonds is 7. The first-order valence-electron chi connectivity index (χ1n) is 9.94. The van der Waals surface area contributed by atoms with E-state index in [0.29, 0.717) is 23.0 Å². The first kappa shape index (κ1) is 22.5. The summed E-state index contributed by atoms with van der Waals surface area (Å²) in [4.78, 5) is 43.1. The minimum Gasteiger partial charge on any atom is -0.326 e. The van der Waals surface area contributed by atoms with Crippen LogP contribution in [0.25, 0.3) is 0 Å². The van der Waals surface area contributed by atoms with E-state index in [2.05, 4.69) is 11.9 Å². The molecule has 1 N–H and O–H groups in total. The maximum absolute atomic E-state index is 12.9. The molecule has 0 aromatic heterocycles. The van der Waals surface area contributed by atoms with Crippen LogP contribution in [0.15, 0.2) is 60.1 Å². The van der Waals surface area contributed by atoms with E-state index in [1.54, 1.807) is 35.2 Å². The van der Waals surface area contributed by atoms with Crippen LogP contribution >= 0.6 is 11.8 Å². The molecule has 1 aliphatic heterocycles. The van der Waals surface area contributed by atoms with Gasteiger partial charge < -0.3 is 5.32 Å². The van der Waals surface area contributed by atoms with Gasteiger partial charge in [0.2, 0.25) is 11.8 Å². The molecule has 1 aliphatic rings. The highest BCUT2D eigenvalue weighted by Crippen LogP contribution is 2.32. The number of amidine groups is 1. The van der Waals surface area contributed by atoms with E-state index in [9.17, 15) is 14.4 Å². The normalized spacial score (nSPS) is 17.1. The van der Waals surface area contributed by atoms with Crippen molar-refractivity contribution in [1.82, 2.24) is 4.90 Å². The van der Waals surface area contributed by atoms with Crippen LogP contribution in [-0.4, -0.2) is 39.5 Å². The van der Waals surface area contributed by atoms with Crippen molar-refractivity contribution < 1.29 is 14.4 Å². The molecule has 1 heterocycles. The Morgan fingerprint density at radius 2 is 1.90 bits per heavy atom. The molecule has 0 bridgehead atoms. The third-order valence-electron chi connectivity index (χ3n) is 4.85. The van der Waals surface area contributed by atoms with Crippen LogP contribution in [0.4, 0.5) is 11.4 Å². The molecule has 160 valence electrons. The Bertz CT molecular complexity index is 1060. The number of nitrogens with one attached hydrogen (secondary N) is 1. The van der Waals surface area contributed by atoms with Crippen molar-refractivity contribution in [1.29, 1.82) is 0 Å². The van der Waals surface area contributed by atoms with Crippen LogP contribution in [0.1, 0.15) is 34.8 Å². The molecule has 7 heteroatoms. The Labute approximate surface area is 186 Å². The molecule has 2 aromatic rings. The Hall–Kier alpha value is -3.19. The second kappa shape index (κ2) is 9.75. The highest BCUT2D eigenvalue weighted by molar-refractivity contribution is 8.15. The average molecular weight is 436 g/mol. The van der Waals surface area contributed by atoms with Crippen LogP contribution < -0.4 is 5.32 Å². The first-order chi connectivity index (χ1) is 14.8. The number of amides is 2. The fraction of sp³-hybridized carbons (Fsp3) is 0.250. The number of aryl methyl sites for hydroxylation is 2. The highest BCUT2D eigenvalue weighted by atomic mass is 32.2. The fourth-order valence-corrected chi connectivity index (χ4v) is 4.38. The molecule has 0 saturated carbocycles. The third-order valence-corrected chi connectivity index (χ3v) is 6.02. The summed E-state index contributed by atoms with van der Waals surface area (Å²) in [5, 5.41) is 2.80. The molecule has 1 unspecified atom stereocenters. The van der Waals surface area contributed by atoms with Crippen molar-refractivity contribution in [2.45, 2.75) is 32.4 Å². The highest BCUT2D eigenvalue weighted by Gasteiger charge is 2.38. The van der Waals surface area contributed by atoms with E-state index in [1.165, 1.54) is 18.7 Å². The lowest BCUT2D eigenvalue weighted by Crippen LogP contribution is -2.33. The molecule has 3 rings (SSSR count). The van der Waals surface area contributed by atoms with Crippen LogP contribution in [-0.2, 0) is 9.59 Å². The standard InChI is InChI=1S/C24H25N3O3S/c1-5-12-27-23(30)21(31-24(27)26-20-11-6-15(2)13-16(20)3)14-22(29)25-19-9-7-18(8-10-19)17(4)28/h5-11,13,21H,1,12,14H2,2-4H3,(H,25,29). The number of benzene rings is 2. The zero-order valence-electron chi connectivity index (χ0n) is 17.8. The Morgan fingerprint density at radius 1 is 1.19 bits per heavy atom. The van der Waals surface area contributed by atoms with Crippen LogP contribution in [0.2, 0.25) is 0 Å². The number of nitrogens with zero attached hydrogens (tertiary/aromatic N) is 2. The number of thioether (sulfide) groups is 1. The van der Waals surface area contributed by atoms with Gasteiger partial charge in [0.15, 0.2) is 11.0 Å². The van der Waals surface area contributed by atoms with Crippen molar-refractivity contribution in [3.05, 3.63) is 71.8 Å². The number of Topliss-reactive ketones (excluding diaryl/α,β-unsaturated/α-hetero) is 1. The number of carbonyl (C=O) groups excluding carboxylic acids is 3. The van der Waals surface area contributed by atoms with Crippen molar-refractivity contribution in [3.63, 3.8) is 0 Å². The molecule has 1 atom stereocenters. The smallest absolute Gasteiger partial charge is 0.242 e.